The van der Waals surface area contributed by atoms with Gasteiger partial charge in [-0.05, 0) is 128 Å². The first-order valence-corrected chi connectivity index (χ1v) is 19.3. The van der Waals surface area contributed by atoms with Crippen molar-refractivity contribution in [2.24, 2.45) is 0 Å². The molecule has 1 aliphatic carbocycles. The molecule has 0 amide bonds. The van der Waals surface area contributed by atoms with Crippen molar-refractivity contribution < 1.29 is 0 Å². The smallest absolute Gasteiger partial charge is 0.0159 e. The van der Waals surface area contributed by atoms with Gasteiger partial charge in [0.25, 0.3) is 0 Å². The maximum absolute atomic E-state index is 2.49. The fourth-order valence-electron chi connectivity index (χ4n) is 9.58. The van der Waals surface area contributed by atoms with E-state index < -0.39 is 0 Å². The second-order valence-electron chi connectivity index (χ2n) is 15.6. The van der Waals surface area contributed by atoms with E-state index in [2.05, 4.69) is 208 Å². The van der Waals surface area contributed by atoms with Crippen LogP contribution in [0.4, 0.5) is 0 Å². The maximum atomic E-state index is 2.49. The zero-order valence-corrected chi connectivity index (χ0v) is 31.0. The van der Waals surface area contributed by atoms with Crippen LogP contribution < -0.4 is 0 Å². The van der Waals surface area contributed by atoms with E-state index in [1.54, 1.807) is 0 Å². The summed E-state index contributed by atoms with van der Waals surface area (Å²) in [7, 11) is 0. The third kappa shape index (κ3) is 4.85. The molecule has 0 nitrogen and oxygen atoms in total. The summed E-state index contributed by atoms with van der Waals surface area (Å²) in [6.45, 7) is 4.75. The molecule has 0 N–H and O–H groups in total. The molecule has 0 atom stereocenters. The summed E-state index contributed by atoms with van der Waals surface area (Å²) in [5, 5.41) is 10.1. The van der Waals surface area contributed by atoms with Crippen molar-refractivity contribution in [1.29, 1.82) is 0 Å². The van der Waals surface area contributed by atoms with Crippen LogP contribution in [0.1, 0.15) is 25.0 Å². The van der Waals surface area contributed by atoms with Crippen LogP contribution in [-0.4, -0.2) is 0 Å². The van der Waals surface area contributed by atoms with E-state index in [-0.39, 0.29) is 5.41 Å². The van der Waals surface area contributed by atoms with Gasteiger partial charge in [-0.1, -0.05) is 190 Å². The minimum absolute atomic E-state index is 0.0889. The average Bonchev–Trinajstić information content (AvgIpc) is 3.47. The number of fused-ring (bicyclic) bond motifs is 7. The summed E-state index contributed by atoms with van der Waals surface area (Å²) in [5.41, 5.74) is 15.4. The number of rotatable bonds is 4. The highest BCUT2D eigenvalue weighted by Crippen LogP contribution is 2.52. The Kier molecular flexibility index (Phi) is 7.00. The van der Waals surface area contributed by atoms with E-state index in [9.17, 15) is 0 Å². The Bertz CT molecular complexity index is 3160. The SMILES string of the molecule is CC1(C)c2ccccc2-c2ccc(-c3c4ccccc4c(-c4ccc(-c5ccc6ccccc6c5)c5ccccc45)c4ccc(-c5ccccc5)cc34)cc21. The van der Waals surface area contributed by atoms with E-state index in [1.807, 2.05) is 0 Å². The van der Waals surface area contributed by atoms with Crippen molar-refractivity contribution in [3.05, 3.63) is 205 Å². The molecule has 258 valence electrons. The van der Waals surface area contributed by atoms with Gasteiger partial charge in [-0.3, -0.25) is 0 Å². The van der Waals surface area contributed by atoms with Crippen LogP contribution >= 0.6 is 0 Å². The molecule has 0 fully saturated rings. The Labute approximate surface area is 322 Å². The average molecular weight is 699 g/mol. The van der Waals surface area contributed by atoms with Gasteiger partial charge in [-0.25, -0.2) is 0 Å². The first kappa shape index (κ1) is 31.7. The zero-order valence-electron chi connectivity index (χ0n) is 31.0. The molecular weight excluding hydrogens is 661 g/mol. The lowest BCUT2D eigenvalue weighted by Gasteiger charge is -2.23. The van der Waals surface area contributed by atoms with Gasteiger partial charge in [0, 0.05) is 5.41 Å². The molecule has 0 heteroatoms. The fraction of sp³-hybridized carbons (Fsp3) is 0.0545. The second-order valence-corrected chi connectivity index (χ2v) is 15.6. The van der Waals surface area contributed by atoms with Crippen LogP contribution in [0.25, 0.3) is 98.7 Å². The van der Waals surface area contributed by atoms with Crippen LogP contribution in [-0.2, 0) is 5.41 Å². The molecule has 0 spiro atoms. The number of benzene rings is 10. The van der Waals surface area contributed by atoms with Gasteiger partial charge >= 0.3 is 0 Å². The lowest BCUT2D eigenvalue weighted by molar-refractivity contribution is 0.660. The zero-order chi connectivity index (χ0) is 36.7. The van der Waals surface area contributed by atoms with Crippen molar-refractivity contribution in [3.8, 4) is 55.6 Å². The van der Waals surface area contributed by atoms with Crippen LogP contribution in [0.2, 0.25) is 0 Å². The van der Waals surface area contributed by atoms with E-state index >= 15 is 0 Å². The lowest BCUT2D eigenvalue weighted by atomic mass is 9.80. The molecule has 0 aliphatic heterocycles. The van der Waals surface area contributed by atoms with Crippen molar-refractivity contribution in [2.75, 3.05) is 0 Å². The Hall–Kier alpha value is -6.76. The Morgan fingerprint density at radius 1 is 0.273 bits per heavy atom. The summed E-state index contributed by atoms with van der Waals surface area (Å²) in [6.07, 6.45) is 0. The monoisotopic (exact) mass is 698 g/mol. The van der Waals surface area contributed by atoms with Crippen LogP contribution in [0.3, 0.4) is 0 Å². The van der Waals surface area contributed by atoms with Crippen molar-refractivity contribution >= 4 is 43.1 Å². The third-order valence-corrected chi connectivity index (χ3v) is 12.3. The van der Waals surface area contributed by atoms with Crippen LogP contribution in [0.15, 0.2) is 194 Å². The highest BCUT2D eigenvalue weighted by atomic mass is 14.4. The molecule has 0 unspecified atom stereocenters. The number of hydrogen-bond donors (Lipinski definition) is 0. The Balaban J connectivity index is 1.21. The van der Waals surface area contributed by atoms with Gasteiger partial charge in [0.2, 0.25) is 0 Å². The maximum Gasteiger partial charge on any atom is 0.0159 e. The van der Waals surface area contributed by atoms with Crippen molar-refractivity contribution in [1.82, 2.24) is 0 Å². The first-order valence-electron chi connectivity index (χ1n) is 19.3. The normalized spacial score (nSPS) is 13.1. The standard InChI is InChI=1S/C55H38/c1-55(2)51-23-13-12-20-44(51)45-28-27-40(34-52(45)55)53-46-21-10-11-22-47(46)54(49-29-26-38(33-50(49)53)35-14-4-3-5-15-35)48-31-30-41(42-18-8-9-19-43(42)48)39-25-24-36-16-6-7-17-37(36)32-39/h3-34H,1-2H3. The molecule has 0 saturated carbocycles. The van der Waals surface area contributed by atoms with E-state index in [4.69, 9.17) is 0 Å². The molecule has 10 aromatic rings. The molecule has 55 heavy (non-hydrogen) atoms. The van der Waals surface area contributed by atoms with Gasteiger partial charge in [0.1, 0.15) is 0 Å². The molecule has 10 aromatic carbocycles. The second kappa shape index (κ2) is 12.1. The van der Waals surface area contributed by atoms with Gasteiger partial charge < -0.3 is 0 Å². The summed E-state index contributed by atoms with van der Waals surface area (Å²) >= 11 is 0. The molecular formula is C55H38. The summed E-state index contributed by atoms with van der Waals surface area (Å²) in [6, 6.07) is 72.3. The summed E-state index contributed by atoms with van der Waals surface area (Å²) < 4.78 is 0. The van der Waals surface area contributed by atoms with Crippen molar-refractivity contribution in [3.63, 3.8) is 0 Å². The Morgan fingerprint density at radius 2 is 0.836 bits per heavy atom. The molecule has 0 aromatic heterocycles. The third-order valence-electron chi connectivity index (χ3n) is 12.3. The first-order chi connectivity index (χ1) is 27.0. The summed E-state index contributed by atoms with van der Waals surface area (Å²) in [5.74, 6) is 0. The molecule has 11 rings (SSSR count). The molecule has 0 radical (unpaired) electrons. The van der Waals surface area contributed by atoms with Gasteiger partial charge in [-0.2, -0.15) is 0 Å². The summed E-state index contributed by atoms with van der Waals surface area (Å²) in [4.78, 5) is 0. The fourth-order valence-corrected chi connectivity index (χ4v) is 9.58. The highest BCUT2D eigenvalue weighted by molar-refractivity contribution is 6.24. The van der Waals surface area contributed by atoms with Gasteiger partial charge in [0.15, 0.2) is 0 Å². The van der Waals surface area contributed by atoms with Gasteiger partial charge in [-0.15, -0.1) is 0 Å². The quantitative estimate of drug-likeness (QED) is 0.161. The molecule has 1 aliphatic rings. The van der Waals surface area contributed by atoms with Crippen LogP contribution in [0.5, 0.6) is 0 Å². The number of hydrogen-bond acceptors (Lipinski definition) is 0. The predicted octanol–water partition coefficient (Wildman–Crippen LogP) is 15.3. The van der Waals surface area contributed by atoms with Crippen molar-refractivity contribution in [2.45, 2.75) is 19.3 Å². The van der Waals surface area contributed by atoms with E-state index in [1.165, 1.54) is 110 Å². The molecule has 0 heterocycles. The van der Waals surface area contributed by atoms with E-state index in [0.29, 0.717) is 0 Å². The van der Waals surface area contributed by atoms with Crippen LogP contribution in [0, 0.1) is 0 Å². The molecule has 0 bridgehead atoms. The highest BCUT2D eigenvalue weighted by Gasteiger charge is 2.35. The van der Waals surface area contributed by atoms with Gasteiger partial charge in [0.05, 0.1) is 0 Å². The topological polar surface area (TPSA) is 0 Å². The minimum atomic E-state index is -0.0889. The van der Waals surface area contributed by atoms with E-state index in [0.717, 1.165) is 0 Å². The minimum Gasteiger partial charge on any atom is -0.0622 e. The largest absolute Gasteiger partial charge is 0.0622 e. The predicted molar refractivity (Wildman–Crippen MR) is 236 cm³/mol. The molecule has 0 saturated heterocycles. The Morgan fingerprint density at radius 3 is 1.65 bits per heavy atom. The lowest BCUT2D eigenvalue weighted by Crippen LogP contribution is -2.14.